The number of pyridine rings is 1. The number of amides is 1. The standard InChI is InChI=1S/C12H17N3O2/c16-11-4-7-14-8-10(11)12(17)15-9-2-1-5-13-6-3-9/h4,7-9,13H,1-3,5-6H2,(H,14,16)(H,15,17). The molecule has 0 bridgehead atoms. The van der Waals surface area contributed by atoms with Crippen molar-refractivity contribution in [3.05, 3.63) is 34.2 Å². The molecule has 1 aliphatic heterocycles. The summed E-state index contributed by atoms with van der Waals surface area (Å²) in [5.74, 6) is -0.279. The van der Waals surface area contributed by atoms with Gasteiger partial charge in [-0.1, -0.05) is 0 Å². The molecule has 2 rings (SSSR count). The average Bonchev–Trinajstić information content (AvgIpc) is 2.58. The Morgan fingerprint density at radius 1 is 1.35 bits per heavy atom. The molecule has 1 fully saturated rings. The molecule has 0 radical (unpaired) electrons. The van der Waals surface area contributed by atoms with Crippen LogP contribution >= 0.6 is 0 Å². The number of nitrogens with one attached hydrogen (secondary N) is 3. The van der Waals surface area contributed by atoms with E-state index in [1.165, 1.54) is 18.5 Å². The van der Waals surface area contributed by atoms with E-state index in [1.807, 2.05) is 0 Å². The summed E-state index contributed by atoms with van der Waals surface area (Å²) in [5.41, 5.74) is -0.0577. The molecule has 1 atom stereocenters. The molecule has 0 aromatic carbocycles. The smallest absolute Gasteiger partial charge is 0.256 e. The summed E-state index contributed by atoms with van der Waals surface area (Å²) in [7, 11) is 0. The second-order valence-electron chi connectivity index (χ2n) is 4.27. The van der Waals surface area contributed by atoms with E-state index in [4.69, 9.17) is 0 Å². The van der Waals surface area contributed by atoms with Gasteiger partial charge < -0.3 is 15.6 Å². The Kier molecular flexibility index (Phi) is 3.93. The Morgan fingerprint density at radius 2 is 2.24 bits per heavy atom. The third-order valence-corrected chi connectivity index (χ3v) is 2.98. The van der Waals surface area contributed by atoms with E-state index in [-0.39, 0.29) is 22.9 Å². The normalized spacial score (nSPS) is 20.6. The van der Waals surface area contributed by atoms with Crippen molar-refractivity contribution >= 4 is 5.91 Å². The molecule has 5 nitrogen and oxygen atoms in total. The van der Waals surface area contributed by atoms with Crippen LogP contribution in [-0.4, -0.2) is 30.0 Å². The molecule has 1 aromatic rings. The Bertz CT molecular complexity index is 433. The highest BCUT2D eigenvalue weighted by Gasteiger charge is 2.16. The van der Waals surface area contributed by atoms with Crippen molar-refractivity contribution in [1.29, 1.82) is 0 Å². The van der Waals surface area contributed by atoms with E-state index < -0.39 is 0 Å². The van der Waals surface area contributed by atoms with Crippen molar-refractivity contribution < 1.29 is 4.79 Å². The number of aromatic nitrogens is 1. The van der Waals surface area contributed by atoms with Crippen LogP contribution in [0, 0.1) is 0 Å². The molecule has 92 valence electrons. The molecule has 1 aromatic heterocycles. The van der Waals surface area contributed by atoms with Crippen molar-refractivity contribution in [3.8, 4) is 0 Å². The average molecular weight is 235 g/mol. The minimum Gasteiger partial charge on any atom is -0.367 e. The molecule has 0 aliphatic carbocycles. The second kappa shape index (κ2) is 5.63. The van der Waals surface area contributed by atoms with Crippen LogP contribution in [0.15, 0.2) is 23.3 Å². The van der Waals surface area contributed by atoms with Gasteiger partial charge in [-0.05, 0) is 32.4 Å². The summed E-state index contributed by atoms with van der Waals surface area (Å²) in [6, 6.07) is 1.53. The summed E-state index contributed by atoms with van der Waals surface area (Å²) < 4.78 is 0. The minimum atomic E-state index is -0.279. The lowest BCUT2D eigenvalue weighted by Crippen LogP contribution is -2.37. The molecule has 1 saturated heterocycles. The topological polar surface area (TPSA) is 74.0 Å². The number of rotatable bonds is 2. The zero-order valence-corrected chi connectivity index (χ0v) is 9.66. The van der Waals surface area contributed by atoms with E-state index in [1.54, 1.807) is 0 Å². The van der Waals surface area contributed by atoms with Crippen LogP contribution in [0.4, 0.5) is 0 Å². The van der Waals surface area contributed by atoms with E-state index >= 15 is 0 Å². The summed E-state index contributed by atoms with van der Waals surface area (Å²) in [4.78, 5) is 26.1. The Hall–Kier alpha value is -1.62. The fourth-order valence-electron chi connectivity index (χ4n) is 2.02. The molecule has 0 spiro atoms. The molecule has 1 amide bonds. The van der Waals surface area contributed by atoms with Gasteiger partial charge in [0.05, 0.1) is 0 Å². The predicted molar refractivity (Wildman–Crippen MR) is 65.0 cm³/mol. The second-order valence-corrected chi connectivity index (χ2v) is 4.27. The highest BCUT2D eigenvalue weighted by atomic mass is 16.2. The Balaban J connectivity index is 2.01. The number of carbonyl (C=O) groups excluding carboxylic acids is 1. The van der Waals surface area contributed by atoms with Gasteiger partial charge in [-0.3, -0.25) is 9.59 Å². The van der Waals surface area contributed by atoms with Gasteiger partial charge in [0.25, 0.3) is 5.91 Å². The van der Waals surface area contributed by atoms with E-state index in [0.29, 0.717) is 0 Å². The van der Waals surface area contributed by atoms with Crippen molar-refractivity contribution in [2.45, 2.75) is 25.3 Å². The maximum Gasteiger partial charge on any atom is 0.256 e. The maximum absolute atomic E-state index is 11.9. The Morgan fingerprint density at radius 3 is 3.06 bits per heavy atom. The number of aromatic amines is 1. The first-order chi connectivity index (χ1) is 8.27. The zero-order chi connectivity index (χ0) is 12.1. The van der Waals surface area contributed by atoms with Crippen molar-refractivity contribution in [3.63, 3.8) is 0 Å². The third-order valence-electron chi connectivity index (χ3n) is 2.98. The largest absolute Gasteiger partial charge is 0.367 e. The molecule has 1 unspecified atom stereocenters. The fourth-order valence-corrected chi connectivity index (χ4v) is 2.02. The van der Waals surface area contributed by atoms with Crippen LogP contribution < -0.4 is 16.1 Å². The van der Waals surface area contributed by atoms with Crippen LogP contribution in [0.3, 0.4) is 0 Å². The third kappa shape index (κ3) is 3.17. The minimum absolute atomic E-state index is 0.164. The van der Waals surface area contributed by atoms with Crippen LogP contribution in [0.5, 0.6) is 0 Å². The SMILES string of the molecule is O=C(NC1CCCNCC1)c1c[nH]ccc1=O. The highest BCUT2D eigenvalue weighted by Crippen LogP contribution is 2.05. The lowest BCUT2D eigenvalue weighted by molar-refractivity contribution is 0.0932. The van der Waals surface area contributed by atoms with Crippen molar-refractivity contribution in [1.82, 2.24) is 15.6 Å². The quantitative estimate of drug-likeness (QED) is 0.687. The fraction of sp³-hybridized carbons (Fsp3) is 0.500. The first kappa shape index (κ1) is 11.9. The zero-order valence-electron chi connectivity index (χ0n) is 9.66. The molecule has 1 aliphatic rings. The number of hydrogen-bond acceptors (Lipinski definition) is 3. The Labute approximate surface area is 99.6 Å². The van der Waals surface area contributed by atoms with Gasteiger partial charge in [0.1, 0.15) is 5.56 Å². The van der Waals surface area contributed by atoms with Gasteiger partial charge >= 0.3 is 0 Å². The van der Waals surface area contributed by atoms with Gasteiger partial charge in [0.2, 0.25) is 0 Å². The summed E-state index contributed by atoms with van der Waals surface area (Å²) >= 11 is 0. The number of hydrogen-bond donors (Lipinski definition) is 3. The van der Waals surface area contributed by atoms with Crippen molar-refractivity contribution in [2.24, 2.45) is 0 Å². The maximum atomic E-state index is 11.9. The monoisotopic (exact) mass is 235 g/mol. The van der Waals surface area contributed by atoms with Crippen molar-refractivity contribution in [2.75, 3.05) is 13.1 Å². The van der Waals surface area contributed by atoms with Crippen LogP contribution in [-0.2, 0) is 0 Å². The molecule has 2 heterocycles. The first-order valence-corrected chi connectivity index (χ1v) is 5.96. The number of H-pyrrole nitrogens is 1. The van der Waals surface area contributed by atoms with Gasteiger partial charge in [-0.2, -0.15) is 0 Å². The first-order valence-electron chi connectivity index (χ1n) is 5.96. The molecular weight excluding hydrogens is 218 g/mol. The van der Waals surface area contributed by atoms with E-state index in [2.05, 4.69) is 15.6 Å². The van der Waals surface area contributed by atoms with Gasteiger partial charge in [0.15, 0.2) is 5.43 Å². The van der Waals surface area contributed by atoms with Crippen LogP contribution in [0.1, 0.15) is 29.6 Å². The van der Waals surface area contributed by atoms with E-state index in [0.717, 1.165) is 32.4 Å². The molecule has 5 heteroatoms. The molecule has 3 N–H and O–H groups in total. The summed E-state index contributed by atoms with van der Waals surface area (Å²) in [5, 5.41) is 6.20. The summed E-state index contributed by atoms with van der Waals surface area (Å²) in [6.07, 6.45) is 5.90. The molecule has 17 heavy (non-hydrogen) atoms. The van der Waals surface area contributed by atoms with Gasteiger partial charge in [-0.25, -0.2) is 0 Å². The summed E-state index contributed by atoms with van der Waals surface area (Å²) in [6.45, 7) is 1.91. The lowest BCUT2D eigenvalue weighted by Gasteiger charge is -2.15. The predicted octanol–water partition coefficient (Wildman–Crippen LogP) is 0.247. The lowest BCUT2D eigenvalue weighted by atomic mass is 10.1. The van der Waals surface area contributed by atoms with Crippen LogP contribution in [0.2, 0.25) is 0 Å². The van der Waals surface area contributed by atoms with Gasteiger partial charge in [0, 0.05) is 24.5 Å². The molecule has 0 saturated carbocycles. The number of carbonyl (C=O) groups is 1. The highest BCUT2D eigenvalue weighted by molar-refractivity contribution is 5.93. The van der Waals surface area contributed by atoms with E-state index in [9.17, 15) is 9.59 Å². The van der Waals surface area contributed by atoms with Gasteiger partial charge in [-0.15, -0.1) is 0 Å². The van der Waals surface area contributed by atoms with Crippen LogP contribution in [0.25, 0.3) is 0 Å². The molecular formula is C12H17N3O2.